The molecular weight excluding hydrogens is 277 g/mol. The summed E-state index contributed by atoms with van der Waals surface area (Å²) in [5, 5.41) is 10.4. The van der Waals surface area contributed by atoms with E-state index in [4.69, 9.17) is 16.3 Å². The number of nitro benzene ring substituents is 1. The van der Waals surface area contributed by atoms with Crippen LogP contribution in [0.3, 0.4) is 0 Å². The van der Waals surface area contributed by atoms with E-state index in [1.165, 1.54) is 6.20 Å². The van der Waals surface area contributed by atoms with E-state index in [9.17, 15) is 14.5 Å². The molecular formula is C11H7ClFN3O3. The summed E-state index contributed by atoms with van der Waals surface area (Å²) in [4.78, 5) is 17.3. The average Bonchev–Trinajstić information content (AvgIpc) is 2.36. The predicted molar refractivity (Wildman–Crippen MR) is 64.9 cm³/mol. The molecule has 1 aromatic carbocycles. The van der Waals surface area contributed by atoms with Gasteiger partial charge in [0.2, 0.25) is 11.2 Å². The molecule has 2 rings (SSSR count). The minimum absolute atomic E-state index is 0.0390. The van der Waals surface area contributed by atoms with E-state index < -0.39 is 10.7 Å². The second-order valence-electron chi connectivity index (χ2n) is 3.60. The van der Waals surface area contributed by atoms with Gasteiger partial charge in [-0.15, -0.1) is 0 Å². The first kappa shape index (κ1) is 13.2. The smallest absolute Gasteiger partial charge is 0.272 e. The van der Waals surface area contributed by atoms with E-state index in [-0.39, 0.29) is 22.6 Å². The van der Waals surface area contributed by atoms with Gasteiger partial charge in [-0.3, -0.25) is 10.1 Å². The van der Waals surface area contributed by atoms with Gasteiger partial charge in [0.05, 0.1) is 11.0 Å². The molecule has 0 aliphatic heterocycles. The number of rotatable bonds is 3. The van der Waals surface area contributed by atoms with Crippen molar-refractivity contribution < 1.29 is 14.1 Å². The monoisotopic (exact) mass is 283 g/mol. The van der Waals surface area contributed by atoms with Crippen LogP contribution in [0.5, 0.6) is 11.6 Å². The zero-order valence-electron chi connectivity index (χ0n) is 9.63. The van der Waals surface area contributed by atoms with Crippen LogP contribution in [0, 0.1) is 22.9 Å². The van der Waals surface area contributed by atoms with Crippen LogP contribution in [0.2, 0.25) is 5.28 Å². The van der Waals surface area contributed by atoms with Crippen LogP contribution in [-0.4, -0.2) is 14.9 Å². The number of ether oxygens (including phenoxy) is 1. The Balaban J connectivity index is 2.33. The van der Waals surface area contributed by atoms with Crippen LogP contribution >= 0.6 is 11.6 Å². The highest BCUT2D eigenvalue weighted by atomic mass is 35.5. The fraction of sp³-hybridized carbons (Fsp3) is 0.0909. The summed E-state index contributed by atoms with van der Waals surface area (Å²) in [5.41, 5.74) is 0.199. The van der Waals surface area contributed by atoms with Gasteiger partial charge in [0.25, 0.3) is 5.69 Å². The van der Waals surface area contributed by atoms with Gasteiger partial charge in [0, 0.05) is 17.8 Å². The number of nitrogens with zero attached hydrogens (tertiary/aromatic N) is 3. The maximum Gasteiger partial charge on any atom is 0.272 e. The maximum atomic E-state index is 13.6. The number of aryl methyl sites for hydroxylation is 1. The Kier molecular flexibility index (Phi) is 3.57. The first-order chi connectivity index (χ1) is 8.97. The van der Waals surface area contributed by atoms with E-state index in [2.05, 4.69) is 9.97 Å². The molecule has 6 nitrogen and oxygen atoms in total. The fourth-order valence-electron chi connectivity index (χ4n) is 1.30. The Labute approximate surface area is 112 Å². The molecule has 8 heteroatoms. The van der Waals surface area contributed by atoms with Crippen molar-refractivity contribution in [3.63, 3.8) is 0 Å². The van der Waals surface area contributed by atoms with E-state index in [1.807, 2.05) is 0 Å². The third kappa shape index (κ3) is 2.94. The summed E-state index contributed by atoms with van der Waals surface area (Å²) < 4.78 is 18.8. The fourth-order valence-corrected chi connectivity index (χ4v) is 1.43. The van der Waals surface area contributed by atoms with Crippen molar-refractivity contribution in [3.05, 3.63) is 51.2 Å². The highest BCUT2D eigenvalue weighted by molar-refractivity contribution is 6.28. The summed E-state index contributed by atoms with van der Waals surface area (Å²) in [6.07, 6.45) is 1.42. The third-order valence-electron chi connectivity index (χ3n) is 2.23. The molecule has 0 aliphatic rings. The SMILES string of the molecule is Cc1cnc(Cl)nc1Oc1ccc([N+](=O)[O-])cc1F. The van der Waals surface area contributed by atoms with Gasteiger partial charge in [0.15, 0.2) is 11.6 Å². The number of hydrogen-bond donors (Lipinski definition) is 0. The van der Waals surface area contributed by atoms with E-state index >= 15 is 0 Å². The van der Waals surface area contributed by atoms with Crippen molar-refractivity contribution in [2.45, 2.75) is 6.92 Å². The van der Waals surface area contributed by atoms with E-state index in [0.29, 0.717) is 5.56 Å². The molecule has 2 aromatic rings. The molecule has 0 unspecified atom stereocenters. The van der Waals surface area contributed by atoms with Gasteiger partial charge < -0.3 is 4.74 Å². The lowest BCUT2D eigenvalue weighted by Crippen LogP contribution is -1.96. The zero-order chi connectivity index (χ0) is 14.0. The van der Waals surface area contributed by atoms with Crippen LogP contribution in [-0.2, 0) is 0 Å². The zero-order valence-corrected chi connectivity index (χ0v) is 10.4. The van der Waals surface area contributed by atoms with Crippen LogP contribution in [0.4, 0.5) is 10.1 Å². The Hall–Kier alpha value is -2.28. The average molecular weight is 284 g/mol. The molecule has 0 amide bonds. The summed E-state index contributed by atoms with van der Waals surface area (Å²) in [7, 11) is 0. The van der Waals surface area contributed by atoms with E-state index in [1.54, 1.807) is 6.92 Å². The van der Waals surface area contributed by atoms with Gasteiger partial charge in [-0.05, 0) is 24.6 Å². The molecule has 0 atom stereocenters. The molecule has 0 fully saturated rings. The number of halogens is 2. The van der Waals surface area contributed by atoms with Gasteiger partial charge in [-0.25, -0.2) is 9.37 Å². The van der Waals surface area contributed by atoms with Gasteiger partial charge >= 0.3 is 0 Å². The Morgan fingerprint density at radius 3 is 2.84 bits per heavy atom. The van der Waals surface area contributed by atoms with Crippen molar-refractivity contribution in [2.75, 3.05) is 0 Å². The lowest BCUT2D eigenvalue weighted by molar-refractivity contribution is -0.385. The molecule has 0 saturated heterocycles. The molecule has 19 heavy (non-hydrogen) atoms. The lowest BCUT2D eigenvalue weighted by atomic mass is 10.3. The van der Waals surface area contributed by atoms with Crippen molar-refractivity contribution in [3.8, 4) is 11.6 Å². The number of non-ortho nitro benzene ring substituents is 1. The number of nitro groups is 1. The van der Waals surface area contributed by atoms with Crippen LogP contribution in [0.25, 0.3) is 0 Å². The molecule has 98 valence electrons. The Bertz CT molecular complexity index is 651. The van der Waals surface area contributed by atoms with Crippen molar-refractivity contribution in [1.29, 1.82) is 0 Å². The predicted octanol–water partition coefficient (Wildman–Crippen LogP) is 3.28. The Morgan fingerprint density at radius 1 is 1.47 bits per heavy atom. The lowest BCUT2D eigenvalue weighted by Gasteiger charge is -2.07. The molecule has 0 bridgehead atoms. The second-order valence-corrected chi connectivity index (χ2v) is 3.94. The maximum absolute atomic E-state index is 13.6. The van der Waals surface area contributed by atoms with Gasteiger partial charge in [-0.1, -0.05) is 0 Å². The number of benzene rings is 1. The van der Waals surface area contributed by atoms with Crippen molar-refractivity contribution >= 4 is 17.3 Å². The minimum Gasteiger partial charge on any atom is -0.435 e. The van der Waals surface area contributed by atoms with Gasteiger partial charge in [-0.2, -0.15) is 4.98 Å². The highest BCUT2D eigenvalue weighted by Gasteiger charge is 2.14. The second kappa shape index (κ2) is 5.15. The molecule has 0 N–H and O–H groups in total. The quantitative estimate of drug-likeness (QED) is 0.491. The summed E-state index contributed by atoms with van der Waals surface area (Å²) in [6.45, 7) is 1.66. The minimum atomic E-state index is -0.858. The first-order valence-electron chi connectivity index (χ1n) is 5.08. The normalized spacial score (nSPS) is 10.3. The highest BCUT2D eigenvalue weighted by Crippen LogP contribution is 2.28. The Morgan fingerprint density at radius 2 is 2.21 bits per heavy atom. The van der Waals surface area contributed by atoms with Crippen molar-refractivity contribution in [2.24, 2.45) is 0 Å². The molecule has 1 heterocycles. The first-order valence-corrected chi connectivity index (χ1v) is 5.46. The third-order valence-corrected chi connectivity index (χ3v) is 2.41. The van der Waals surface area contributed by atoms with Gasteiger partial charge in [0.1, 0.15) is 0 Å². The largest absolute Gasteiger partial charge is 0.435 e. The van der Waals surface area contributed by atoms with Crippen LogP contribution in [0.15, 0.2) is 24.4 Å². The molecule has 0 saturated carbocycles. The molecule has 0 spiro atoms. The van der Waals surface area contributed by atoms with Crippen molar-refractivity contribution in [1.82, 2.24) is 9.97 Å². The standard InChI is InChI=1S/C11H7ClFN3O3/c1-6-5-14-11(12)15-10(6)19-9-3-2-7(16(17)18)4-8(9)13/h2-5H,1H3. The van der Waals surface area contributed by atoms with E-state index in [0.717, 1.165) is 18.2 Å². The summed E-state index contributed by atoms with van der Waals surface area (Å²) in [5.74, 6) is -0.945. The molecule has 0 aliphatic carbocycles. The van der Waals surface area contributed by atoms with Crippen LogP contribution < -0.4 is 4.74 Å². The summed E-state index contributed by atoms with van der Waals surface area (Å²) >= 11 is 5.60. The number of hydrogen-bond acceptors (Lipinski definition) is 5. The molecule has 0 radical (unpaired) electrons. The number of aromatic nitrogens is 2. The van der Waals surface area contributed by atoms with Crippen LogP contribution in [0.1, 0.15) is 5.56 Å². The molecule has 1 aromatic heterocycles. The topological polar surface area (TPSA) is 78.2 Å². The summed E-state index contributed by atoms with van der Waals surface area (Å²) in [6, 6.07) is 3.06.